The van der Waals surface area contributed by atoms with E-state index in [0.717, 1.165) is 25.7 Å². The lowest BCUT2D eigenvalue weighted by atomic mass is 9.84. The van der Waals surface area contributed by atoms with Gasteiger partial charge in [0.1, 0.15) is 5.54 Å². The van der Waals surface area contributed by atoms with Crippen LogP contribution in [0.4, 0.5) is 0 Å². The third kappa shape index (κ3) is 25.9. The van der Waals surface area contributed by atoms with Crippen LogP contribution < -0.4 is 5.09 Å². The Hall–Kier alpha value is -0.180. The number of aliphatic carboxylic acids is 1. The summed E-state index contributed by atoms with van der Waals surface area (Å²) in [5, 5.41) is 23.9. The zero-order valence-electron chi connectivity index (χ0n) is 30.0. The lowest BCUT2D eigenvalue weighted by Crippen LogP contribution is -2.57. The van der Waals surface area contributed by atoms with Gasteiger partial charge in [-0.25, -0.2) is 0 Å². The lowest BCUT2D eigenvalue weighted by Gasteiger charge is -2.34. The lowest BCUT2D eigenvalue weighted by molar-refractivity contribution is -0.149. The van der Waals surface area contributed by atoms with E-state index in [1.807, 2.05) is 0 Å². The van der Waals surface area contributed by atoms with Gasteiger partial charge in [-0.2, -0.15) is 0 Å². The Bertz CT molecular complexity index is 590. The largest absolute Gasteiger partial charge is 0.480 e. The number of carboxylic acid groups (broad SMARTS) is 1. The molecule has 3 N–H and O–H groups in total. The van der Waals surface area contributed by atoms with Gasteiger partial charge in [0.05, 0.1) is 6.10 Å². The summed E-state index contributed by atoms with van der Waals surface area (Å²) in [5.41, 5.74) is -1.24. The first kappa shape index (κ1) is 43.8. The molecule has 0 saturated carbocycles. The van der Waals surface area contributed by atoms with Crippen molar-refractivity contribution in [2.75, 3.05) is 0 Å². The summed E-state index contributed by atoms with van der Waals surface area (Å²) in [5.74, 6) is -0.919. The second-order valence-corrected chi connectivity index (χ2v) is 14.4. The standard InChI is InChI=1S/C39H80NO3P/c1-3-5-7-9-11-13-15-17-19-21-23-25-27-29-31-33-35-37(41)39(40-44,38(42)43)36-34-32-30-28-26-24-22-20-18-16-14-12-10-8-6-4-2/h37,40-41H,3-36,44H2,1-2H3,(H,42,43). The van der Waals surface area contributed by atoms with E-state index in [1.54, 1.807) is 0 Å². The molecule has 0 aliphatic rings. The van der Waals surface area contributed by atoms with Crippen LogP contribution in [0.2, 0.25) is 0 Å². The van der Waals surface area contributed by atoms with Crippen molar-refractivity contribution >= 4 is 15.4 Å². The van der Waals surface area contributed by atoms with E-state index < -0.39 is 17.6 Å². The normalized spacial score (nSPS) is 13.7. The van der Waals surface area contributed by atoms with Crippen molar-refractivity contribution in [1.29, 1.82) is 0 Å². The molecule has 0 aromatic heterocycles. The highest BCUT2D eigenvalue weighted by Crippen LogP contribution is 2.26. The van der Waals surface area contributed by atoms with E-state index in [0.29, 0.717) is 12.8 Å². The molecule has 0 spiro atoms. The van der Waals surface area contributed by atoms with Gasteiger partial charge in [0.15, 0.2) is 0 Å². The molecule has 0 fully saturated rings. The second kappa shape index (κ2) is 34.2. The Morgan fingerprint density at radius 2 is 0.750 bits per heavy atom. The van der Waals surface area contributed by atoms with Crippen LogP contribution in [0.3, 0.4) is 0 Å². The Kier molecular flexibility index (Phi) is 34.0. The molecule has 0 saturated heterocycles. The van der Waals surface area contributed by atoms with Gasteiger partial charge in [-0.05, 0) is 12.8 Å². The molecule has 3 unspecified atom stereocenters. The highest BCUT2D eigenvalue weighted by Gasteiger charge is 2.43. The molecular weight excluding hydrogens is 561 g/mol. The highest BCUT2D eigenvalue weighted by molar-refractivity contribution is 7.13. The minimum absolute atomic E-state index is 0.490. The van der Waals surface area contributed by atoms with E-state index in [4.69, 9.17) is 0 Å². The maximum atomic E-state index is 12.2. The number of carbonyl (C=O) groups is 1. The second-order valence-electron chi connectivity index (χ2n) is 14.1. The SMILES string of the molecule is CCCCCCCCCCCCCCCCCCC(O)C(CCCCCCCCCCCCCCCCCC)(NP)C(=O)O. The van der Waals surface area contributed by atoms with Crippen LogP contribution in [-0.4, -0.2) is 27.8 Å². The molecule has 0 aromatic rings. The summed E-state index contributed by atoms with van der Waals surface area (Å²) in [6.07, 6.45) is 42.2. The molecule has 0 amide bonds. The first-order valence-corrected chi connectivity index (χ1v) is 20.5. The van der Waals surface area contributed by atoms with Crippen molar-refractivity contribution in [1.82, 2.24) is 5.09 Å². The van der Waals surface area contributed by atoms with Crippen LogP contribution in [0.25, 0.3) is 0 Å². The van der Waals surface area contributed by atoms with E-state index in [1.165, 1.54) is 180 Å². The summed E-state index contributed by atoms with van der Waals surface area (Å²) in [6, 6.07) is 0. The summed E-state index contributed by atoms with van der Waals surface area (Å²) >= 11 is 0. The Morgan fingerprint density at radius 1 is 0.500 bits per heavy atom. The summed E-state index contributed by atoms with van der Waals surface area (Å²) in [6.45, 7) is 4.56. The van der Waals surface area contributed by atoms with Gasteiger partial charge in [0.2, 0.25) is 0 Å². The van der Waals surface area contributed by atoms with Gasteiger partial charge in [-0.15, -0.1) is 0 Å². The molecule has 3 atom stereocenters. The molecule has 0 radical (unpaired) electrons. The third-order valence-corrected chi connectivity index (χ3v) is 10.5. The molecule has 44 heavy (non-hydrogen) atoms. The van der Waals surface area contributed by atoms with E-state index >= 15 is 0 Å². The number of aliphatic hydroxyl groups is 1. The smallest absolute Gasteiger partial charge is 0.326 e. The van der Waals surface area contributed by atoms with Gasteiger partial charge in [0.25, 0.3) is 0 Å². The van der Waals surface area contributed by atoms with Crippen LogP contribution in [0.1, 0.15) is 232 Å². The van der Waals surface area contributed by atoms with E-state index in [-0.39, 0.29) is 0 Å². The summed E-state index contributed by atoms with van der Waals surface area (Å²) in [7, 11) is 2.38. The zero-order chi connectivity index (χ0) is 32.4. The molecular formula is C39H80NO3P. The van der Waals surface area contributed by atoms with E-state index in [9.17, 15) is 15.0 Å². The van der Waals surface area contributed by atoms with Gasteiger partial charge in [-0.1, -0.05) is 229 Å². The molecule has 5 heteroatoms. The monoisotopic (exact) mass is 642 g/mol. The third-order valence-electron chi connectivity index (χ3n) is 9.96. The van der Waals surface area contributed by atoms with Crippen LogP contribution in [0.15, 0.2) is 0 Å². The quantitative estimate of drug-likeness (QED) is 0.0466. The van der Waals surface area contributed by atoms with Crippen LogP contribution in [-0.2, 0) is 4.79 Å². The van der Waals surface area contributed by atoms with E-state index in [2.05, 4.69) is 28.3 Å². The summed E-state index contributed by atoms with van der Waals surface area (Å²) in [4.78, 5) is 12.2. The first-order valence-electron chi connectivity index (χ1n) is 19.9. The summed E-state index contributed by atoms with van der Waals surface area (Å²) < 4.78 is 0. The van der Waals surface area contributed by atoms with Crippen molar-refractivity contribution in [2.45, 2.75) is 244 Å². The number of hydrogen-bond acceptors (Lipinski definition) is 3. The predicted molar refractivity (Wildman–Crippen MR) is 198 cm³/mol. The van der Waals surface area contributed by atoms with Crippen LogP contribution >= 0.6 is 9.39 Å². The molecule has 0 aromatic carbocycles. The molecule has 0 rings (SSSR count). The van der Waals surface area contributed by atoms with Crippen LogP contribution in [0, 0.1) is 0 Å². The number of carboxylic acids is 1. The van der Waals surface area contributed by atoms with Gasteiger partial charge in [0, 0.05) is 0 Å². The topological polar surface area (TPSA) is 69.6 Å². The highest BCUT2D eigenvalue weighted by atomic mass is 31.0. The van der Waals surface area contributed by atoms with Gasteiger partial charge in [-0.3, -0.25) is 9.88 Å². The molecule has 4 nitrogen and oxygen atoms in total. The Balaban J connectivity index is 3.76. The van der Waals surface area contributed by atoms with Gasteiger partial charge < -0.3 is 10.2 Å². The maximum Gasteiger partial charge on any atom is 0.326 e. The molecule has 264 valence electrons. The fourth-order valence-electron chi connectivity index (χ4n) is 6.73. The number of hydrogen-bond donors (Lipinski definition) is 3. The first-order chi connectivity index (χ1) is 21.5. The maximum absolute atomic E-state index is 12.2. The average Bonchev–Trinajstić information content (AvgIpc) is 3.02. The Labute approximate surface area is 278 Å². The molecule has 0 aliphatic carbocycles. The van der Waals surface area contributed by atoms with Gasteiger partial charge >= 0.3 is 5.97 Å². The zero-order valence-corrected chi connectivity index (χ0v) is 31.2. The number of nitrogens with one attached hydrogen (secondary N) is 1. The van der Waals surface area contributed by atoms with Crippen molar-refractivity contribution < 1.29 is 15.0 Å². The Morgan fingerprint density at radius 3 is 1.00 bits per heavy atom. The molecule has 0 heterocycles. The number of aliphatic hydroxyl groups excluding tert-OH is 1. The van der Waals surface area contributed by atoms with Crippen molar-refractivity contribution in [3.05, 3.63) is 0 Å². The number of rotatable bonds is 37. The fourth-order valence-corrected chi connectivity index (χ4v) is 7.19. The van der Waals surface area contributed by atoms with Crippen molar-refractivity contribution in [2.24, 2.45) is 0 Å². The minimum atomic E-state index is -1.24. The minimum Gasteiger partial charge on any atom is -0.480 e. The molecule has 0 aliphatic heterocycles. The fraction of sp³-hybridized carbons (Fsp3) is 0.974. The molecule has 0 bridgehead atoms. The van der Waals surface area contributed by atoms with Crippen molar-refractivity contribution in [3.63, 3.8) is 0 Å². The number of unbranched alkanes of at least 4 members (excludes halogenated alkanes) is 30. The average molecular weight is 642 g/mol. The van der Waals surface area contributed by atoms with Crippen LogP contribution in [0.5, 0.6) is 0 Å². The predicted octanol–water partition coefficient (Wildman–Crippen LogP) is 12.9. The van der Waals surface area contributed by atoms with Crippen molar-refractivity contribution in [3.8, 4) is 0 Å².